The third kappa shape index (κ3) is 15.4. The zero-order valence-electron chi connectivity index (χ0n) is 14.1. The molecule has 0 rings (SSSR count). The Balaban J connectivity index is 3.29. The van der Waals surface area contributed by atoms with Crippen molar-refractivity contribution in [3.05, 3.63) is 0 Å². The number of aliphatic hydroxyl groups excluding tert-OH is 1. The first-order chi connectivity index (χ1) is 10.1. The smallest absolute Gasteiger partial charge is 0.434 e. The molecule has 2 atom stereocenters. The summed E-state index contributed by atoms with van der Waals surface area (Å²) >= 11 is 0. The second-order valence-electron chi connectivity index (χ2n) is 6.06. The summed E-state index contributed by atoms with van der Waals surface area (Å²) < 4.78 is 9.62. The lowest BCUT2D eigenvalue weighted by Gasteiger charge is -2.11. The summed E-state index contributed by atoms with van der Waals surface area (Å²) in [5.41, 5.74) is 0. The van der Waals surface area contributed by atoms with E-state index < -0.39 is 12.3 Å². The van der Waals surface area contributed by atoms with Crippen LogP contribution in [0.3, 0.4) is 0 Å². The Kier molecular flexibility index (Phi) is 13.7. The Labute approximate surface area is 130 Å². The summed E-state index contributed by atoms with van der Waals surface area (Å²) in [6.07, 6.45) is 9.81. The molecule has 4 heteroatoms. The fourth-order valence-corrected chi connectivity index (χ4v) is 2.22. The van der Waals surface area contributed by atoms with Gasteiger partial charge in [-0.1, -0.05) is 65.2 Å². The minimum Gasteiger partial charge on any atom is -0.434 e. The van der Waals surface area contributed by atoms with Gasteiger partial charge in [0.25, 0.3) is 0 Å². The number of aliphatic hydroxyl groups is 1. The minimum atomic E-state index is -0.680. The van der Waals surface area contributed by atoms with Crippen molar-refractivity contribution in [1.29, 1.82) is 0 Å². The Morgan fingerprint density at radius 1 is 0.952 bits per heavy atom. The van der Waals surface area contributed by atoms with Gasteiger partial charge >= 0.3 is 6.16 Å². The topological polar surface area (TPSA) is 55.8 Å². The summed E-state index contributed by atoms with van der Waals surface area (Å²) in [7, 11) is 0. The Hall–Kier alpha value is -0.770. The Bertz CT molecular complexity index is 241. The van der Waals surface area contributed by atoms with E-state index in [0.717, 1.165) is 18.8 Å². The SMILES string of the molecule is CCCCCCC(C)CCCCCOC(=O)OCC(C)O. The average Bonchev–Trinajstić information content (AvgIpc) is 2.45. The maximum Gasteiger partial charge on any atom is 0.508 e. The third-order valence-electron chi connectivity index (χ3n) is 3.55. The van der Waals surface area contributed by atoms with Gasteiger partial charge in [-0.3, -0.25) is 0 Å². The monoisotopic (exact) mass is 302 g/mol. The zero-order valence-corrected chi connectivity index (χ0v) is 14.1. The molecule has 126 valence electrons. The second kappa shape index (κ2) is 14.2. The summed E-state index contributed by atoms with van der Waals surface area (Å²) in [6.45, 7) is 6.54. The van der Waals surface area contributed by atoms with E-state index in [1.54, 1.807) is 6.92 Å². The van der Waals surface area contributed by atoms with Crippen LogP contribution in [0, 0.1) is 5.92 Å². The molecule has 0 aromatic heterocycles. The van der Waals surface area contributed by atoms with Crippen LogP contribution in [0.4, 0.5) is 4.79 Å². The molecule has 0 amide bonds. The molecule has 4 nitrogen and oxygen atoms in total. The van der Waals surface area contributed by atoms with Gasteiger partial charge in [0.05, 0.1) is 12.7 Å². The van der Waals surface area contributed by atoms with Crippen molar-refractivity contribution < 1.29 is 19.4 Å². The van der Waals surface area contributed by atoms with Crippen LogP contribution < -0.4 is 0 Å². The van der Waals surface area contributed by atoms with Gasteiger partial charge < -0.3 is 14.6 Å². The molecule has 0 saturated heterocycles. The standard InChI is InChI=1S/C17H34O4/c1-4-5-6-8-11-15(2)12-9-7-10-13-20-17(19)21-14-16(3)18/h15-16,18H,4-14H2,1-3H3. The number of hydrogen-bond acceptors (Lipinski definition) is 4. The third-order valence-corrected chi connectivity index (χ3v) is 3.55. The molecule has 21 heavy (non-hydrogen) atoms. The number of unbranched alkanes of at least 4 members (excludes halogenated alkanes) is 5. The molecule has 0 aromatic carbocycles. The number of carbonyl (C=O) groups excluding carboxylic acids is 1. The molecule has 0 spiro atoms. The fourth-order valence-electron chi connectivity index (χ4n) is 2.22. The molecule has 0 radical (unpaired) electrons. The maximum atomic E-state index is 11.1. The molecule has 1 N–H and O–H groups in total. The van der Waals surface area contributed by atoms with Crippen LogP contribution in [0.15, 0.2) is 0 Å². The van der Waals surface area contributed by atoms with E-state index in [2.05, 4.69) is 13.8 Å². The van der Waals surface area contributed by atoms with Gasteiger partial charge in [0.1, 0.15) is 6.61 Å². The number of ether oxygens (including phenoxy) is 2. The fraction of sp³-hybridized carbons (Fsp3) is 0.941. The number of hydrogen-bond donors (Lipinski definition) is 1. The summed E-state index contributed by atoms with van der Waals surface area (Å²) in [5.74, 6) is 0.804. The lowest BCUT2D eigenvalue weighted by molar-refractivity contribution is 0.0231. The van der Waals surface area contributed by atoms with Crippen LogP contribution in [0.2, 0.25) is 0 Å². The molecule has 0 aliphatic rings. The molecule has 0 bridgehead atoms. The lowest BCUT2D eigenvalue weighted by Crippen LogP contribution is -2.16. The van der Waals surface area contributed by atoms with Gasteiger partial charge in [0, 0.05) is 0 Å². The largest absolute Gasteiger partial charge is 0.508 e. The van der Waals surface area contributed by atoms with Crippen molar-refractivity contribution >= 4 is 6.16 Å². The molecule has 0 aliphatic carbocycles. The highest BCUT2D eigenvalue weighted by molar-refractivity contribution is 5.59. The molecule has 2 unspecified atom stereocenters. The molecular weight excluding hydrogens is 268 g/mol. The Morgan fingerprint density at radius 3 is 2.14 bits per heavy atom. The second-order valence-corrected chi connectivity index (χ2v) is 6.06. The van der Waals surface area contributed by atoms with E-state index >= 15 is 0 Å². The van der Waals surface area contributed by atoms with Gasteiger partial charge in [-0.15, -0.1) is 0 Å². The average molecular weight is 302 g/mol. The van der Waals surface area contributed by atoms with E-state index in [-0.39, 0.29) is 6.61 Å². The van der Waals surface area contributed by atoms with E-state index in [0.29, 0.717) is 6.61 Å². The lowest BCUT2D eigenvalue weighted by atomic mass is 9.97. The first kappa shape index (κ1) is 20.2. The van der Waals surface area contributed by atoms with E-state index in [4.69, 9.17) is 14.6 Å². The van der Waals surface area contributed by atoms with Crippen LogP contribution >= 0.6 is 0 Å². The van der Waals surface area contributed by atoms with Crippen LogP contribution in [-0.4, -0.2) is 30.6 Å². The highest BCUT2D eigenvalue weighted by atomic mass is 16.7. The van der Waals surface area contributed by atoms with Gasteiger partial charge in [-0.25, -0.2) is 4.79 Å². The Morgan fingerprint density at radius 2 is 1.57 bits per heavy atom. The first-order valence-corrected chi connectivity index (χ1v) is 8.53. The minimum absolute atomic E-state index is 0.00558. The summed E-state index contributed by atoms with van der Waals surface area (Å²) in [5, 5.41) is 8.95. The summed E-state index contributed by atoms with van der Waals surface area (Å²) in [6, 6.07) is 0. The number of carbonyl (C=O) groups is 1. The van der Waals surface area contributed by atoms with E-state index in [1.807, 2.05) is 0 Å². The predicted molar refractivity (Wildman–Crippen MR) is 85.4 cm³/mol. The van der Waals surface area contributed by atoms with Crippen molar-refractivity contribution in [2.75, 3.05) is 13.2 Å². The van der Waals surface area contributed by atoms with E-state index in [1.165, 1.54) is 44.9 Å². The van der Waals surface area contributed by atoms with Gasteiger partial charge in [0.2, 0.25) is 0 Å². The maximum absolute atomic E-state index is 11.1. The summed E-state index contributed by atoms with van der Waals surface area (Å²) in [4.78, 5) is 11.1. The molecule has 0 heterocycles. The van der Waals surface area contributed by atoms with Crippen LogP contribution in [0.5, 0.6) is 0 Å². The molecule has 0 saturated carbocycles. The number of rotatable bonds is 13. The van der Waals surface area contributed by atoms with Crippen LogP contribution in [0.25, 0.3) is 0 Å². The molecule has 0 aliphatic heterocycles. The van der Waals surface area contributed by atoms with Crippen molar-refractivity contribution in [1.82, 2.24) is 0 Å². The van der Waals surface area contributed by atoms with Crippen molar-refractivity contribution in [3.63, 3.8) is 0 Å². The molecular formula is C17H34O4. The van der Waals surface area contributed by atoms with Gasteiger partial charge in [0.15, 0.2) is 0 Å². The van der Waals surface area contributed by atoms with Crippen molar-refractivity contribution in [2.24, 2.45) is 5.92 Å². The zero-order chi connectivity index (χ0) is 15.9. The van der Waals surface area contributed by atoms with Crippen molar-refractivity contribution in [2.45, 2.75) is 84.7 Å². The molecule has 0 aromatic rings. The first-order valence-electron chi connectivity index (χ1n) is 8.53. The normalized spacial score (nSPS) is 13.7. The van der Waals surface area contributed by atoms with Gasteiger partial charge in [-0.05, 0) is 19.3 Å². The quantitative estimate of drug-likeness (QED) is 0.396. The van der Waals surface area contributed by atoms with Gasteiger partial charge in [-0.2, -0.15) is 0 Å². The van der Waals surface area contributed by atoms with Crippen molar-refractivity contribution in [3.8, 4) is 0 Å². The van der Waals surface area contributed by atoms with E-state index in [9.17, 15) is 4.79 Å². The van der Waals surface area contributed by atoms with Crippen LogP contribution in [-0.2, 0) is 9.47 Å². The predicted octanol–water partition coefficient (Wildman–Crippen LogP) is 4.69. The molecule has 0 fully saturated rings. The highest BCUT2D eigenvalue weighted by Crippen LogP contribution is 2.17. The van der Waals surface area contributed by atoms with Crippen LogP contribution in [0.1, 0.15) is 78.6 Å². The highest BCUT2D eigenvalue weighted by Gasteiger charge is 2.06.